The molecule has 2 heteroatoms. The van der Waals surface area contributed by atoms with Gasteiger partial charge in [-0.1, -0.05) is 85.0 Å². The summed E-state index contributed by atoms with van der Waals surface area (Å²) in [5, 5.41) is 0. The highest BCUT2D eigenvalue weighted by Crippen LogP contribution is 2.15. The molecule has 0 spiro atoms. The number of unbranched alkanes of at least 4 members (excludes halogenated alkanes) is 10. The number of hydrogen-bond acceptors (Lipinski definition) is 2. The topological polar surface area (TPSA) is 34.1 Å². The van der Waals surface area contributed by atoms with Crippen molar-refractivity contribution in [2.45, 2.75) is 124 Å². The van der Waals surface area contributed by atoms with Gasteiger partial charge in [0.05, 0.1) is 0 Å². The molecule has 0 heterocycles. The zero-order valence-corrected chi connectivity index (χ0v) is 16.7. The monoisotopic (exact) mass is 338 g/mol. The van der Waals surface area contributed by atoms with Crippen molar-refractivity contribution in [1.29, 1.82) is 0 Å². The molecule has 0 unspecified atom stereocenters. The molecule has 0 rings (SSSR count). The Balaban J connectivity index is 3.56. The molecule has 0 aliphatic carbocycles. The fourth-order valence-corrected chi connectivity index (χ4v) is 3.26. The Morgan fingerprint density at radius 2 is 0.917 bits per heavy atom. The zero-order valence-electron chi connectivity index (χ0n) is 16.7. The normalized spacial score (nSPS) is 11.2. The van der Waals surface area contributed by atoms with Crippen LogP contribution < -0.4 is 0 Å². The van der Waals surface area contributed by atoms with Crippen LogP contribution >= 0.6 is 0 Å². The minimum absolute atomic E-state index is 0.227. The van der Waals surface area contributed by atoms with Crippen LogP contribution in [0.1, 0.15) is 124 Å². The largest absolute Gasteiger partial charge is 0.300 e. The van der Waals surface area contributed by atoms with Gasteiger partial charge in [-0.2, -0.15) is 0 Å². The van der Waals surface area contributed by atoms with E-state index in [4.69, 9.17) is 0 Å². The molecule has 0 amide bonds. The third-order valence-electron chi connectivity index (χ3n) is 4.77. The van der Waals surface area contributed by atoms with Crippen LogP contribution in [-0.4, -0.2) is 11.6 Å². The van der Waals surface area contributed by atoms with E-state index in [1.807, 2.05) is 0 Å². The van der Waals surface area contributed by atoms with Crippen molar-refractivity contribution in [3.63, 3.8) is 0 Å². The minimum atomic E-state index is 0.227. The highest BCUT2D eigenvalue weighted by atomic mass is 16.1. The Morgan fingerprint density at radius 3 is 1.29 bits per heavy atom. The first-order valence-corrected chi connectivity index (χ1v) is 10.6. The Labute approximate surface area is 151 Å². The van der Waals surface area contributed by atoms with Gasteiger partial charge < -0.3 is 0 Å². The van der Waals surface area contributed by atoms with Gasteiger partial charge in [-0.05, 0) is 18.8 Å². The van der Waals surface area contributed by atoms with E-state index in [-0.39, 0.29) is 5.92 Å². The first-order chi connectivity index (χ1) is 11.6. The van der Waals surface area contributed by atoms with Gasteiger partial charge in [-0.25, -0.2) is 0 Å². The standard InChI is InChI=1S/C22H42O2/c1-4-6-8-10-12-14-16-21(23)18-20(3)19-22(24)17-15-13-11-9-7-5-2/h20H,4-19H2,1-3H3. The van der Waals surface area contributed by atoms with Crippen molar-refractivity contribution >= 4 is 11.6 Å². The van der Waals surface area contributed by atoms with E-state index in [0.29, 0.717) is 37.2 Å². The van der Waals surface area contributed by atoms with Crippen molar-refractivity contribution in [3.05, 3.63) is 0 Å². The van der Waals surface area contributed by atoms with E-state index in [0.717, 1.165) is 12.8 Å². The minimum Gasteiger partial charge on any atom is -0.300 e. The van der Waals surface area contributed by atoms with Crippen LogP contribution in [0.2, 0.25) is 0 Å². The molecule has 2 nitrogen and oxygen atoms in total. The van der Waals surface area contributed by atoms with Gasteiger partial charge in [0.25, 0.3) is 0 Å². The number of hydrogen-bond donors (Lipinski definition) is 0. The fraction of sp³-hybridized carbons (Fsp3) is 0.909. The summed E-state index contributed by atoms with van der Waals surface area (Å²) in [5.74, 6) is 0.931. The smallest absolute Gasteiger partial charge is 0.133 e. The zero-order chi connectivity index (χ0) is 18.0. The van der Waals surface area contributed by atoms with Gasteiger partial charge in [-0.3, -0.25) is 9.59 Å². The number of ketones is 2. The number of Topliss-reactive ketones (excluding diaryl/α,β-unsaturated/α-hetero) is 2. The number of carbonyl (C=O) groups excluding carboxylic acids is 2. The average molecular weight is 339 g/mol. The summed E-state index contributed by atoms with van der Waals surface area (Å²) in [5.41, 5.74) is 0. The van der Waals surface area contributed by atoms with Gasteiger partial charge in [0, 0.05) is 25.7 Å². The number of carbonyl (C=O) groups is 2. The lowest BCUT2D eigenvalue weighted by atomic mass is 9.94. The quantitative estimate of drug-likeness (QED) is 0.251. The first-order valence-electron chi connectivity index (χ1n) is 10.6. The van der Waals surface area contributed by atoms with E-state index in [2.05, 4.69) is 20.8 Å². The second-order valence-corrected chi connectivity index (χ2v) is 7.63. The van der Waals surface area contributed by atoms with E-state index in [1.165, 1.54) is 64.2 Å². The SMILES string of the molecule is CCCCCCCCC(=O)CC(C)CC(=O)CCCCCCCC. The van der Waals surface area contributed by atoms with Crippen molar-refractivity contribution in [2.24, 2.45) is 5.92 Å². The van der Waals surface area contributed by atoms with Crippen molar-refractivity contribution < 1.29 is 9.59 Å². The molecule has 0 atom stereocenters. The Kier molecular flexibility index (Phi) is 16.7. The maximum absolute atomic E-state index is 12.0. The van der Waals surface area contributed by atoms with Gasteiger partial charge in [0.2, 0.25) is 0 Å². The van der Waals surface area contributed by atoms with Crippen molar-refractivity contribution in [1.82, 2.24) is 0 Å². The molecule has 0 saturated heterocycles. The molecule has 0 N–H and O–H groups in total. The lowest BCUT2D eigenvalue weighted by Crippen LogP contribution is -2.10. The second-order valence-electron chi connectivity index (χ2n) is 7.63. The predicted octanol–water partition coefficient (Wildman–Crippen LogP) is 7.04. The maximum atomic E-state index is 12.0. The van der Waals surface area contributed by atoms with Gasteiger partial charge in [-0.15, -0.1) is 0 Å². The number of rotatable bonds is 18. The Hall–Kier alpha value is -0.660. The molecule has 0 saturated carbocycles. The van der Waals surface area contributed by atoms with E-state index >= 15 is 0 Å². The van der Waals surface area contributed by atoms with E-state index in [1.54, 1.807) is 0 Å². The third-order valence-corrected chi connectivity index (χ3v) is 4.77. The summed E-state index contributed by atoms with van der Waals surface area (Å²) >= 11 is 0. The van der Waals surface area contributed by atoms with Crippen LogP contribution in [0, 0.1) is 5.92 Å². The van der Waals surface area contributed by atoms with Crippen LogP contribution in [-0.2, 0) is 9.59 Å². The van der Waals surface area contributed by atoms with Gasteiger partial charge in [0.15, 0.2) is 0 Å². The summed E-state index contributed by atoms with van der Waals surface area (Å²) in [7, 11) is 0. The Morgan fingerprint density at radius 1 is 0.583 bits per heavy atom. The summed E-state index contributed by atoms with van der Waals surface area (Å²) in [6, 6.07) is 0. The molecule has 142 valence electrons. The lowest BCUT2D eigenvalue weighted by molar-refractivity contribution is -0.121. The second kappa shape index (κ2) is 17.2. The van der Waals surface area contributed by atoms with E-state index < -0.39 is 0 Å². The maximum Gasteiger partial charge on any atom is 0.133 e. The van der Waals surface area contributed by atoms with E-state index in [9.17, 15) is 9.59 Å². The Bertz CT molecular complexity index is 279. The first kappa shape index (κ1) is 23.3. The molecule has 0 aromatic rings. The molecule has 0 aliphatic heterocycles. The highest BCUT2D eigenvalue weighted by Gasteiger charge is 2.13. The van der Waals surface area contributed by atoms with Gasteiger partial charge in [0.1, 0.15) is 11.6 Å². The average Bonchev–Trinajstić information content (AvgIpc) is 2.53. The third kappa shape index (κ3) is 16.2. The lowest BCUT2D eigenvalue weighted by Gasteiger charge is -2.10. The summed E-state index contributed by atoms with van der Waals surface area (Å²) in [6.45, 7) is 6.50. The van der Waals surface area contributed by atoms with Crippen LogP contribution in [0.5, 0.6) is 0 Å². The molecule has 0 bridgehead atoms. The molecule has 0 radical (unpaired) electrons. The van der Waals surface area contributed by atoms with Crippen LogP contribution in [0.4, 0.5) is 0 Å². The summed E-state index contributed by atoms with van der Waals surface area (Å²) < 4.78 is 0. The van der Waals surface area contributed by atoms with Crippen molar-refractivity contribution in [3.8, 4) is 0 Å². The molecule has 0 aromatic carbocycles. The van der Waals surface area contributed by atoms with Crippen LogP contribution in [0.15, 0.2) is 0 Å². The molecular formula is C22H42O2. The molecule has 24 heavy (non-hydrogen) atoms. The molecule has 0 aliphatic rings. The molecule has 0 aromatic heterocycles. The van der Waals surface area contributed by atoms with Crippen LogP contribution in [0.3, 0.4) is 0 Å². The summed E-state index contributed by atoms with van der Waals surface area (Å²) in [4.78, 5) is 23.9. The van der Waals surface area contributed by atoms with Crippen LogP contribution in [0.25, 0.3) is 0 Å². The van der Waals surface area contributed by atoms with Gasteiger partial charge >= 0.3 is 0 Å². The summed E-state index contributed by atoms with van der Waals surface area (Å²) in [6.07, 6.45) is 17.3. The highest BCUT2D eigenvalue weighted by molar-refractivity contribution is 5.81. The molecular weight excluding hydrogens is 296 g/mol. The molecule has 0 fully saturated rings. The predicted molar refractivity (Wildman–Crippen MR) is 104 cm³/mol. The fourth-order valence-electron chi connectivity index (χ4n) is 3.26. The van der Waals surface area contributed by atoms with Crippen molar-refractivity contribution in [2.75, 3.05) is 0 Å².